The fraction of sp³-hybridized carbons (Fsp3) is 0.462. The molecule has 1 N–H and O–H groups in total. The van der Waals surface area contributed by atoms with Gasteiger partial charge in [-0.3, -0.25) is 0 Å². The maximum absolute atomic E-state index is 13.0. The van der Waals surface area contributed by atoms with Crippen LogP contribution in [-0.4, -0.2) is 23.3 Å². The number of pyridine rings is 1. The average Bonchev–Trinajstić information content (AvgIpc) is 3.35. The second kappa shape index (κ2) is 12.6. The van der Waals surface area contributed by atoms with Crippen molar-refractivity contribution in [2.75, 3.05) is 0 Å². The Morgan fingerprint density at radius 2 is 1.68 bits per heavy atom. The van der Waals surface area contributed by atoms with Gasteiger partial charge in [-0.2, -0.15) is 22.3 Å². The molecule has 2 aromatic heterocycles. The molecule has 2 unspecified atom stereocenters. The molecule has 2 atom stereocenters. The van der Waals surface area contributed by atoms with E-state index < -0.39 is 36.7 Å². The van der Waals surface area contributed by atoms with Gasteiger partial charge in [0.05, 0.1) is 11.0 Å². The molecule has 1 aromatic carbocycles. The summed E-state index contributed by atoms with van der Waals surface area (Å²) in [5, 5.41) is 23.0. The first-order chi connectivity index (χ1) is 17.8. The van der Waals surface area contributed by atoms with E-state index >= 15 is 0 Å². The van der Waals surface area contributed by atoms with Gasteiger partial charge in [0.2, 0.25) is 0 Å². The highest BCUT2D eigenvalue weighted by molar-refractivity contribution is 7.11. The topological polar surface area (TPSA) is 78.5 Å². The minimum atomic E-state index is -3.24. The first-order valence-corrected chi connectivity index (χ1v) is 12.9. The molecule has 0 aliphatic heterocycles. The van der Waals surface area contributed by atoms with Crippen molar-refractivity contribution in [2.45, 2.75) is 70.2 Å². The molecule has 4 rings (SSSR count). The van der Waals surface area contributed by atoms with Crippen LogP contribution in [0.1, 0.15) is 71.6 Å². The highest BCUT2D eigenvalue weighted by Crippen LogP contribution is 2.40. The lowest BCUT2D eigenvalue weighted by atomic mass is 9.85. The number of thiazole rings is 1. The maximum atomic E-state index is 13.0. The SMILES string of the molecule is [O-][n+]1ccc(CC(c2ccc(OC(F)F)c(OC(F)F)c2)c2ncc(C(O)CC3CCCCC3)s2)cc1. The molecule has 3 aromatic rings. The highest BCUT2D eigenvalue weighted by atomic mass is 32.1. The zero-order valence-electron chi connectivity index (χ0n) is 19.9. The molecule has 11 heteroatoms. The molecule has 1 aliphatic rings. The van der Waals surface area contributed by atoms with Crippen LogP contribution < -0.4 is 14.2 Å². The molecular formula is C26H28F4N2O4S. The Balaban J connectivity index is 1.64. The maximum Gasteiger partial charge on any atom is 0.387 e. The van der Waals surface area contributed by atoms with E-state index in [1.807, 2.05) is 0 Å². The molecule has 6 nitrogen and oxygen atoms in total. The van der Waals surface area contributed by atoms with Crippen LogP contribution in [0.25, 0.3) is 0 Å². The van der Waals surface area contributed by atoms with Crippen LogP contribution >= 0.6 is 11.3 Å². The van der Waals surface area contributed by atoms with Gasteiger partial charge in [0.15, 0.2) is 23.9 Å². The van der Waals surface area contributed by atoms with Gasteiger partial charge >= 0.3 is 13.2 Å². The third-order valence-electron chi connectivity index (χ3n) is 6.56. The van der Waals surface area contributed by atoms with Crippen molar-refractivity contribution in [2.24, 2.45) is 5.92 Å². The van der Waals surface area contributed by atoms with Crippen LogP contribution in [0.4, 0.5) is 17.6 Å². The van der Waals surface area contributed by atoms with Crippen LogP contribution in [0.2, 0.25) is 0 Å². The molecule has 0 bridgehead atoms. The van der Waals surface area contributed by atoms with Gasteiger partial charge in [0.25, 0.3) is 0 Å². The largest absolute Gasteiger partial charge is 0.619 e. The second-order valence-corrected chi connectivity index (χ2v) is 10.2. The predicted octanol–water partition coefficient (Wildman–Crippen LogP) is 6.36. The van der Waals surface area contributed by atoms with Gasteiger partial charge in [-0.05, 0) is 42.0 Å². The van der Waals surface area contributed by atoms with Crippen LogP contribution in [0.15, 0.2) is 48.9 Å². The van der Waals surface area contributed by atoms with E-state index in [2.05, 4.69) is 14.5 Å². The molecule has 1 fully saturated rings. The summed E-state index contributed by atoms with van der Waals surface area (Å²) in [5.74, 6) is -1.04. The van der Waals surface area contributed by atoms with Gasteiger partial charge < -0.3 is 19.8 Å². The number of aromatic nitrogens is 2. The lowest BCUT2D eigenvalue weighted by Gasteiger charge is -2.23. The zero-order chi connectivity index (χ0) is 26.4. The number of hydrogen-bond donors (Lipinski definition) is 1. The van der Waals surface area contributed by atoms with Crippen molar-refractivity contribution in [3.63, 3.8) is 0 Å². The van der Waals surface area contributed by atoms with Crippen LogP contribution in [0.5, 0.6) is 11.5 Å². The first kappa shape index (κ1) is 27.1. The number of alkyl halides is 4. The van der Waals surface area contributed by atoms with Gasteiger partial charge in [-0.1, -0.05) is 38.2 Å². The Bertz CT molecular complexity index is 1140. The van der Waals surface area contributed by atoms with Crippen LogP contribution in [-0.2, 0) is 6.42 Å². The van der Waals surface area contributed by atoms with Crippen molar-refractivity contribution in [3.05, 3.63) is 75.1 Å². The van der Waals surface area contributed by atoms with Gasteiger partial charge in [0.1, 0.15) is 5.01 Å². The normalized spacial score (nSPS) is 16.2. The number of halogens is 4. The van der Waals surface area contributed by atoms with Crippen molar-refractivity contribution in [3.8, 4) is 11.5 Å². The van der Waals surface area contributed by atoms with Crippen molar-refractivity contribution >= 4 is 11.3 Å². The lowest BCUT2D eigenvalue weighted by Crippen LogP contribution is -2.24. The van der Waals surface area contributed by atoms with Crippen molar-refractivity contribution in [1.82, 2.24) is 4.98 Å². The van der Waals surface area contributed by atoms with Crippen LogP contribution in [0.3, 0.4) is 0 Å². The third-order valence-corrected chi connectivity index (χ3v) is 7.77. The summed E-state index contributed by atoms with van der Waals surface area (Å²) in [7, 11) is 0. The number of aliphatic hydroxyl groups excluding tert-OH is 1. The highest BCUT2D eigenvalue weighted by Gasteiger charge is 2.25. The Morgan fingerprint density at radius 3 is 2.35 bits per heavy atom. The minimum Gasteiger partial charge on any atom is -0.619 e. The summed E-state index contributed by atoms with van der Waals surface area (Å²) >= 11 is 1.32. The second-order valence-electron chi connectivity index (χ2n) is 9.14. The fourth-order valence-corrected chi connectivity index (χ4v) is 5.80. The number of hydrogen-bond acceptors (Lipinski definition) is 6. The summed E-state index contributed by atoms with van der Waals surface area (Å²) in [6.45, 7) is -6.45. The number of ether oxygens (including phenoxy) is 2. The summed E-state index contributed by atoms with van der Waals surface area (Å²) in [6, 6.07) is 7.17. The zero-order valence-corrected chi connectivity index (χ0v) is 20.8. The van der Waals surface area contributed by atoms with Gasteiger partial charge in [-0.15, -0.1) is 11.3 Å². The molecule has 200 valence electrons. The van der Waals surface area contributed by atoms with E-state index in [9.17, 15) is 27.9 Å². The summed E-state index contributed by atoms with van der Waals surface area (Å²) in [5.41, 5.74) is 1.26. The van der Waals surface area contributed by atoms with E-state index in [4.69, 9.17) is 0 Å². The van der Waals surface area contributed by atoms with E-state index in [1.54, 1.807) is 18.3 Å². The molecule has 0 spiro atoms. The van der Waals surface area contributed by atoms with Gasteiger partial charge in [-0.25, -0.2) is 4.98 Å². The molecule has 1 aliphatic carbocycles. The summed E-state index contributed by atoms with van der Waals surface area (Å²) in [4.78, 5) is 5.24. The Kier molecular flexibility index (Phi) is 9.20. The minimum absolute atomic E-state index is 0.343. The van der Waals surface area contributed by atoms with Crippen molar-refractivity contribution < 1.29 is 36.9 Å². The Morgan fingerprint density at radius 1 is 1.00 bits per heavy atom. The predicted molar refractivity (Wildman–Crippen MR) is 129 cm³/mol. The number of benzene rings is 1. The molecule has 0 amide bonds. The fourth-order valence-electron chi connectivity index (χ4n) is 4.76. The Labute approximate surface area is 216 Å². The summed E-state index contributed by atoms with van der Waals surface area (Å²) < 4.78 is 61.1. The standard InChI is InChI=1S/C26H28F4N2O4S/c27-25(28)35-21-7-6-18(14-22(21)36-26(29)30)19(12-17-8-10-32(34)11-9-17)24-31-15-23(37-24)20(33)13-16-4-2-1-3-5-16/h6-11,14-16,19-20,25-26,33H,1-5,12-13H2. The first-order valence-electron chi connectivity index (χ1n) is 12.1. The molecule has 0 radical (unpaired) electrons. The molecule has 1 saturated carbocycles. The molecule has 0 saturated heterocycles. The number of nitrogens with zero attached hydrogens (tertiary/aromatic N) is 2. The van der Waals surface area contributed by atoms with E-state index in [0.717, 1.165) is 24.5 Å². The van der Waals surface area contributed by atoms with E-state index in [0.29, 0.717) is 38.9 Å². The van der Waals surface area contributed by atoms with Gasteiger partial charge in [0, 0.05) is 24.2 Å². The van der Waals surface area contributed by atoms with E-state index in [1.165, 1.54) is 55.1 Å². The number of aliphatic hydroxyl groups is 1. The third kappa shape index (κ3) is 7.54. The van der Waals surface area contributed by atoms with Crippen LogP contribution in [0, 0.1) is 11.1 Å². The molecular weight excluding hydrogens is 512 g/mol. The molecule has 2 heterocycles. The number of rotatable bonds is 11. The quantitative estimate of drug-likeness (QED) is 0.174. The monoisotopic (exact) mass is 540 g/mol. The van der Waals surface area contributed by atoms with Crippen molar-refractivity contribution in [1.29, 1.82) is 0 Å². The average molecular weight is 541 g/mol. The molecule has 37 heavy (non-hydrogen) atoms. The van der Waals surface area contributed by atoms with E-state index in [-0.39, 0.29) is 0 Å². The lowest BCUT2D eigenvalue weighted by molar-refractivity contribution is -0.605. The smallest absolute Gasteiger partial charge is 0.387 e. The Hall–Kier alpha value is -2.92. The summed E-state index contributed by atoms with van der Waals surface area (Å²) in [6.07, 6.45) is 10.4.